The predicted molar refractivity (Wildman–Crippen MR) is 107 cm³/mol. The molecule has 3 aromatic rings. The van der Waals surface area contributed by atoms with E-state index in [9.17, 15) is 9.90 Å². The van der Waals surface area contributed by atoms with E-state index < -0.39 is 18.4 Å². The molecule has 0 spiro atoms. The standard InChI is InChI=1S/C20H23N5O5/c1-3-13-16(27)17(28-2)20(30-13)25-11-23-15-18(21-10-22-19(15)25)24-14(26)9-29-12-7-5-4-6-8-12/h4-8,10-11,13,16-17,20,27H,3,9H2,1-2H3,(H,21,22,24,26)/t13-,16?,17+,20-/m1/s1. The average molecular weight is 413 g/mol. The summed E-state index contributed by atoms with van der Waals surface area (Å²) in [7, 11) is 1.52. The number of para-hydroxylation sites is 1. The van der Waals surface area contributed by atoms with Gasteiger partial charge < -0.3 is 24.6 Å². The van der Waals surface area contributed by atoms with Crippen molar-refractivity contribution in [1.82, 2.24) is 19.5 Å². The van der Waals surface area contributed by atoms with Gasteiger partial charge in [-0.2, -0.15) is 0 Å². The lowest BCUT2D eigenvalue weighted by atomic mass is 10.1. The number of aromatic nitrogens is 4. The predicted octanol–water partition coefficient (Wildman–Crippen LogP) is 1.53. The largest absolute Gasteiger partial charge is 0.484 e. The minimum atomic E-state index is -0.765. The van der Waals surface area contributed by atoms with E-state index in [0.29, 0.717) is 23.3 Å². The Morgan fingerprint density at radius 2 is 2.07 bits per heavy atom. The Labute approximate surface area is 172 Å². The van der Waals surface area contributed by atoms with Crippen molar-refractivity contribution in [3.8, 4) is 5.75 Å². The molecule has 1 fully saturated rings. The van der Waals surface area contributed by atoms with Crippen LogP contribution in [0.1, 0.15) is 19.6 Å². The van der Waals surface area contributed by atoms with Crippen LogP contribution in [0.4, 0.5) is 5.82 Å². The van der Waals surface area contributed by atoms with Gasteiger partial charge in [0.2, 0.25) is 0 Å². The molecule has 4 atom stereocenters. The Hall–Kier alpha value is -3.08. The Kier molecular flexibility index (Phi) is 5.88. The van der Waals surface area contributed by atoms with E-state index in [4.69, 9.17) is 14.2 Å². The van der Waals surface area contributed by atoms with Gasteiger partial charge in [-0.25, -0.2) is 15.0 Å². The van der Waals surface area contributed by atoms with Crippen molar-refractivity contribution in [3.63, 3.8) is 0 Å². The topological polar surface area (TPSA) is 121 Å². The Balaban J connectivity index is 1.53. The first-order valence-electron chi connectivity index (χ1n) is 9.64. The SMILES string of the molecule is CC[C@H]1O[C@@H](n2cnc3c(NC(=O)COc4ccccc4)ncnc32)[C@@H](OC)C1O. The highest BCUT2D eigenvalue weighted by molar-refractivity contribution is 5.97. The molecular weight excluding hydrogens is 390 g/mol. The molecule has 1 aromatic carbocycles. The van der Waals surface area contributed by atoms with Crippen LogP contribution in [0.25, 0.3) is 11.2 Å². The molecule has 4 rings (SSSR count). The van der Waals surface area contributed by atoms with Gasteiger partial charge >= 0.3 is 0 Å². The van der Waals surface area contributed by atoms with Gasteiger partial charge in [-0.05, 0) is 18.6 Å². The number of anilines is 1. The highest BCUT2D eigenvalue weighted by atomic mass is 16.6. The van der Waals surface area contributed by atoms with Gasteiger partial charge in [0.05, 0.1) is 12.4 Å². The number of aliphatic hydroxyl groups is 1. The molecular formula is C20H23N5O5. The maximum atomic E-state index is 12.3. The zero-order chi connectivity index (χ0) is 21.1. The number of nitrogens with one attached hydrogen (secondary N) is 1. The van der Waals surface area contributed by atoms with Crippen molar-refractivity contribution in [3.05, 3.63) is 43.0 Å². The van der Waals surface area contributed by atoms with E-state index in [2.05, 4.69) is 20.3 Å². The quantitative estimate of drug-likeness (QED) is 0.598. The monoisotopic (exact) mass is 413 g/mol. The third-order valence-corrected chi connectivity index (χ3v) is 4.99. The second-order valence-electron chi connectivity index (χ2n) is 6.86. The van der Waals surface area contributed by atoms with Crippen LogP contribution < -0.4 is 10.1 Å². The molecule has 1 unspecified atom stereocenters. The van der Waals surface area contributed by atoms with E-state index in [1.54, 1.807) is 16.7 Å². The zero-order valence-corrected chi connectivity index (χ0v) is 16.6. The third-order valence-electron chi connectivity index (χ3n) is 4.99. The molecule has 10 heteroatoms. The second kappa shape index (κ2) is 8.74. The van der Waals surface area contributed by atoms with Crippen LogP contribution in [-0.2, 0) is 14.3 Å². The average Bonchev–Trinajstić information content (AvgIpc) is 3.34. The van der Waals surface area contributed by atoms with Crippen LogP contribution >= 0.6 is 0 Å². The number of carbonyl (C=O) groups is 1. The number of fused-ring (bicyclic) bond motifs is 1. The molecule has 30 heavy (non-hydrogen) atoms. The Morgan fingerprint density at radius 3 is 2.80 bits per heavy atom. The first kappa shape index (κ1) is 20.2. The molecule has 2 aromatic heterocycles. The van der Waals surface area contributed by atoms with Gasteiger partial charge in [0.25, 0.3) is 5.91 Å². The maximum absolute atomic E-state index is 12.3. The minimum Gasteiger partial charge on any atom is -0.484 e. The maximum Gasteiger partial charge on any atom is 0.263 e. The molecule has 1 saturated heterocycles. The van der Waals surface area contributed by atoms with Crippen LogP contribution in [-0.4, -0.2) is 62.6 Å². The van der Waals surface area contributed by atoms with E-state index in [1.807, 2.05) is 25.1 Å². The number of aliphatic hydroxyl groups excluding tert-OH is 1. The molecule has 0 radical (unpaired) electrons. The smallest absolute Gasteiger partial charge is 0.263 e. The lowest BCUT2D eigenvalue weighted by Crippen LogP contribution is -2.33. The number of nitrogens with zero attached hydrogens (tertiary/aromatic N) is 4. The number of ether oxygens (including phenoxy) is 3. The normalized spacial score (nSPS) is 23.6. The number of carbonyl (C=O) groups excluding carboxylic acids is 1. The van der Waals surface area contributed by atoms with Gasteiger partial charge in [-0.1, -0.05) is 25.1 Å². The summed E-state index contributed by atoms with van der Waals surface area (Å²) in [6, 6.07) is 9.05. The Bertz CT molecular complexity index is 1010. The molecule has 3 heterocycles. The van der Waals surface area contributed by atoms with Crippen molar-refractivity contribution in [2.24, 2.45) is 0 Å². The fourth-order valence-electron chi connectivity index (χ4n) is 3.50. The third kappa shape index (κ3) is 3.84. The summed E-state index contributed by atoms with van der Waals surface area (Å²) in [4.78, 5) is 25.1. The minimum absolute atomic E-state index is 0.169. The lowest BCUT2D eigenvalue weighted by molar-refractivity contribution is -0.118. The molecule has 10 nitrogen and oxygen atoms in total. The van der Waals surface area contributed by atoms with Crippen LogP contribution in [0.3, 0.4) is 0 Å². The molecule has 158 valence electrons. The number of rotatable bonds is 7. The van der Waals surface area contributed by atoms with E-state index in [-0.39, 0.29) is 24.4 Å². The van der Waals surface area contributed by atoms with Crippen LogP contribution in [0.2, 0.25) is 0 Å². The number of hydrogen-bond donors (Lipinski definition) is 2. The number of benzene rings is 1. The fraction of sp³-hybridized carbons (Fsp3) is 0.400. The summed E-state index contributed by atoms with van der Waals surface area (Å²) in [6.07, 6.45) is 1.23. The highest BCUT2D eigenvalue weighted by Gasteiger charge is 2.44. The number of hydrogen-bond acceptors (Lipinski definition) is 8. The Morgan fingerprint density at radius 1 is 1.27 bits per heavy atom. The molecule has 1 amide bonds. The van der Waals surface area contributed by atoms with E-state index >= 15 is 0 Å². The first-order valence-corrected chi connectivity index (χ1v) is 9.64. The van der Waals surface area contributed by atoms with Crippen molar-refractivity contribution in [2.45, 2.75) is 37.9 Å². The summed E-state index contributed by atoms with van der Waals surface area (Å²) in [6.45, 7) is 1.76. The number of imidazole rings is 1. The molecule has 2 N–H and O–H groups in total. The summed E-state index contributed by atoms with van der Waals surface area (Å²) in [5.74, 6) is 0.486. The van der Waals surface area contributed by atoms with Gasteiger partial charge in [0.15, 0.2) is 29.8 Å². The first-order chi connectivity index (χ1) is 14.6. The highest BCUT2D eigenvalue weighted by Crippen LogP contribution is 2.34. The van der Waals surface area contributed by atoms with Crippen molar-refractivity contribution in [1.29, 1.82) is 0 Å². The summed E-state index contributed by atoms with van der Waals surface area (Å²) < 4.78 is 18.6. The fourth-order valence-corrected chi connectivity index (χ4v) is 3.50. The van der Waals surface area contributed by atoms with Gasteiger partial charge in [-0.15, -0.1) is 0 Å². The van der Waals surface area contributed by atoms with Crippen molar-refractivity contribution in [2.75, 3.05) is 19.0 Å². The van der Waals surface area contributed by atoms with E-state index in [0.717, 1.165) is 0 Å². The molecule has 0 aliphatic carbocycles. The zero-order valence-electron chi connectivity index (χ0n) is 16.6. The summed E-state index contributed by atoms with van der Waals surface area (Å²) in [5, 5.41) is 13.1. The molecule has 1 aliphatic heterocycles. The molecule has 0 bridgehead atoms. The van der Waals surface area contributed by atoms with Crippen LogP contribution in [0.5, 0.6) is 5.75 Å². The molecule has 0 saturated carbocycles. The lowest BCUT2D eigenvalue weighted by Gasteiger charge is -2.19. The van der Waals surface area contributed by atoms with Crippen molar-refractivity contribution >= 4 is 22.9 Å². The van der Waals surface area contributed by atoms with Gasteiger partial charge in [-0.3, -0.25) is 9.36 Å². The molecule has 1 aliphatic rings. The number of amides is 1. The van der Waals surface area contributed by atoms with E-state index in [1.165, 1.54) is 19.8 Å². The summed E-state index contributed by atoms with van der Waals surface area (Å²) in [5.41, 5.74) is 0.860. The van der Waals surface area contributed by atoms with Crippen molar-refractivity contribution < 1.29 is 24.1 Å². The summed E-state index contributed by atoms with van der Waals surface area (Å²) >= 11 is 0. The van der Waals surface area contributed by atoms with Crippen LogP contribution in [0, 0.1) is 0 Å². The van der Waals surface area contributed by atoms with Gasteiger partial charge in [0, 0.05) is 7.11 Å². The van der Waals surface area contributed by atoms with Crippen LogP contribution in [0.15, 0.2) is 43.0 Å². The second-order valence-corrected chi connectivity index (χ2v) is 6.86. The van der Waals surface area contributed by atoms with Gasteiger partial charge in [0.1, 0.15) is 24.3 Å². The number of methoxy groups -OCH3 is 1.